The van der Waals surface area contributed by atoms with Crippen LogP contribution in [0.3, 0.4) is 0 Å². The third-order valence-corrected chi connectivity index (χ3v) is 6.84. The van der Waals surface area contributed by atoms with E-state index in [4.69, 9.17) is 14.2 Å². The summed E-state index contributed by atoms with van der Waals surface area (Å²) in [4.78, 5) is 27.9. The highest BCUT2D eigenvalue weighted by Gasteiger charge is 2.30. The van der Waals surface area contributed by atoms with Crippen LogP contribution in [0.4, 0.5) is 5.69 Å². The first-order valence-electron chi connectivity index (χ1n) is 11.8. The van der Waals surface area contributed by atoms with Crippen molar-refractivity contribution in [1.29, 1.82) is 0 Å². The Kier molecular flexibility index (Phi) is 10.6. The van der Waals surface area contributed by atoms with Gasteiger partial charge in [0, 0.05) is 19.2 Å². The lowest BCUT2D eigenvalue weighted by molar-refractivity contribution is -0.139. The zero-order valence-electron chi connectivity index (χ0n) is 22.5. The van der Waals surface area contributed by atoms with Crippen molar-refractivity contribution in [3.8, 4) is 17.2 Å². The number of carbonyl (C=O) groups excluding carboxylic acids is 2. The zero-order chi connectivity index (χ0) is 27.8. The highest BCUT2D eigenvalue weighted by atomic mass is 32.2. The van der Waals surface area contributed by atoms with Crippen molar-refractivity contribution in [2.45, 2.75) is 33.4 Å². The van der Waals surface area contributed by atoms with E-state index in [2.05, 4.69) is 5.32 Å². The highest BCUT2D eigenvalue weighted by Crippen LogP contribution is 2.32. The molecular formula is C26H37N3O7S. The van der Waals surface area contributed by atoms with E-state index in [1.807, 2.05) is 13.8 Å². The average Bonchev–Trinajstić information content (AvgIpc) is 2.87. The normalized spacial score (nSPS) is 12.0. The molecule has 0 saturated carbocycles. The number of amides is 2. The average molecular weight is 536 g/mol. The summed E-state index contributed by atoms with van der Waals surface area (Å²) in [5.41, 5.74) is 0.990. The second-order valence-corrected chi connectivity index (χ2v) is 10.9. The molecule has 37 heavy (non-hydrogen) atoms. The maximum absolute atomic E-state index is 13.6. The molecule has 0 fully saturated rings. The molecule has 1 atom stereocenters. The summed E-state index contributed by atoms with van der Waals surface area (Å²) in [5, 5.41) is 2.85. The minimum absolute atomic E-state index is 0.0998. The molecule has 0 radical (unpaired) electrons. The van der Waals surface area contributed by atoms with Crippen LogP contribution in [0.1, 0.15) is 26.3 Å². The van der Waals surface area contributed by atoms with Gasteiger partial charge in [0.25, 0.3) is 0 Å². The van der Waals surface area contributed by atoms with Crippen LogP contribution < -0.4 is 23.8 Å². The van der Waals surface area contributed by atoms with Crippen LogP contribution in [0.25, 0.3) is 0 Å². The van der Waals surface area contributed by atoms with Crippen molar-refractivity contribution < 1.29 is 32.2 Å². The Bertz CT molecular complexity index is 1170. The molecular weight excluding hydrogens is 498 g/mol. The molecule has 204 valence electrons. The molecule has 0 aliphatic rings. The second-order valence-electron chi connectivity index (χ2n) is 8.99. The predicted octanol–water partition coefficient (Wildman–Crippen LogP) is 2.67. The number of nitrogens with one attached hydrogen (secondary N) is 1. The van der Waals surface area contributed by atoms with Gasteiger partial charge >= 0.3 is 0 Å². The third-order valence-electron chi connectivity index (χ3n) is 5.70. The first-order chi connectivity index (χ1) is 17.4. The van der Waals surface area contributed by atoms with Crippen molar-refractivity contribution in [3.63, 3.8) is 0 Å². The van der Waals surface area contributed by atoms with Gasteiger partial charge in [-0.3, -0.25) is 13.9 Å². The van der Waals surface area contributed by atoms with E-state index < -0.39 is 28.5 Å². The van der Waals surface area contributed by atoms with Gasteiger partial charge in [-0.1, -0.05) is 26.0 Å². The largest absolute Gasteiger partial charge is 0.497 e. The van der Waals surface area contributed by atoms with Gasteiger partial charge in [-0.2, -0.15) is 0 Å². The minimum Gasteiger partial charge on any atom is -0.497 e. The number of ether oxygens (including phenoxy) is 3. The van der Waals surface area contributed by atoms with Gasteiger partial charge in [0.05, 0.1) is 33.3 Å². The van der Waals surface area contributed by atoms with Gasteiger partial charge in [-0.25, -0.2) is 8.42 Å². The number of nitrogens with zero attached hydrogens (tertiary/aromatic N) is 2. The maximum atomic E-state index is 13.6. The molecule has 0 spiro atoms. The molecule has 0 bridgehead atoms. The SMILES string of the molecule is COc1ccc(CN(C(=O)CN(c2ccc(OC)c(OC)c2)S(C)(=O)=O)[C@H](C)C(=O)NCC(C)C)cc1. The molecule has 2 aromatic carbocycles. The van der Waals surface area contributed by atoms with Crippen LogP contribution in [-0.2, 0) is 26.2 Å². The summed E-state index contributed by atoms with van der Waals surface area (Å²) >= 11 is 0. The number of methoxy groups -OCH3 is 3. The predicted molar refractivity (Wildman–Crippen MR) is 143 cm³/mol. The number of anilines is 1. The van der Waals surface area contributed by atoms with E-state index in [0.29, 0.717) is 23.8 Å². The van der Waals surface area contributed by atoms with Gasteiger partial charge < -0.3 is 24.4 Å². The van der Waals surface area contributed by atoms with E-state index in [9.17, 15) is 18.0 Å². The van der Waals surface area contributed by atoms with Gasteiger partial charge in [-0.15, -0.1) is 0 Å². The van der Waals surface area contributed by atoms with E-state index in [-0.39, 0.29) is 24.1 Å². The van der Waals surface area contributed by atoms with Crippen LogP contribution >= 0.6 is 0 Å². The summed E-state index contributed by atoms with van der Waals surface area (Å²) < 4.78 is 42.2. The molecule has 2 rings (SSSR count). The van der Waals surface area contributed by atoms with Crippen LogP contribution in [-0.4, -0.2) is 71.8 Å². The maximum Gasteiger partial charge on any atom is 0.244 e. The topological polar surface area (TPSA) is 114 Å². The van der Waals surface area contributed by atoms with E-state index in [0.717, 1.165) is 16.1 Å². The first-order valence-corrected chi connectivity index (χ1v) is 13.7. The number of benzene rings is 2. The van der Waals surface area contributed by atoms with Crippen LogP contribution in [0.5, 0.6) is 17.2 Å². The monoisotopic (exact) mass is 535 g/mol. The van der Waals surface area contributed by atoms with Crippen molar-refractivity contribution >= 4 is 27.5 Å². The third kappa shape index (κ3) is 8.28. The summed E-state index contributed by atoms with van der Waals surface area (Å²) in [6.07, 6.45) is 1.02. The highest BCUT2D eigenvalue weighted by molar-refractivity contribution is 7.92. The van der Waals surface area contributed by atoms with Gasteiger partial charge in [0.2, 0.25) is 21.8 Å². The van der Waals surface area contributed by atoms with Crippen LogP contribution in [0, 0.1) is 5.92 Å². The Hall–Kier alpha value is -3.47. The summed E-state index contributed by atoms with van der Waals surface area (Å²) in [7, 11) is 0.594. The quantitative estimate of drug-likeness (QED) is 0.419. The van der Waals surface area contributed by atoms with E-state index in [1.165, 1.54) is 31.3 Å². The Labute approximate surface area is 219 Å². The van der Waals surface area contributed by atoms with Gasteiger partial charge in [0.15, 0.2) is 11.5 Å². The molecule has 11 heteroatoms. The minimum atomic E-state index is -3.87. The summed E-state index contributed by atoms with van der Waals surface area (Å²) in [6.45, 7) is 5.61. The summed E-state index contributed by atoms with van der Waals surface area (Å²) in [6, 6.07) is 10.8. The molecule has 2 aromatic rings. The lowest BCUT2D eigenvalue weighted by Gasteiger charge is -2.31. The summed E-state index contributed by atoms with van der Waals surface area (Å²) in [5.74, 6) is 0.754. The fourth-order valence-corrected chi connectivity index (χ4v) is 4.40. The number of carbonyl (C=O) groups is 2. The van der Waals surface area contributed by atoms with Crippen molar-refractivity contribution in [2.24, 2.45) is 5.92 Å². The number of rotatable bonds is 13. The molecule has 10 nitrogen and oxygen atoms in total. The number of hydrogen-bond donors (Lipinski definition) is 1. The van der Waals surface area contributed by atoms with Crippen LogP contribution in [0.15, 0.2) is 42.5 Å². The van der Waals surface area contributed by atoms with Crippen molar-refractivity contribution in [1.82, 2.24) is 10.2 Å². The van der Waals surface area contributed by atoms with E-state index >= 15 is 0 Å². The molecule has 2 amide bonds. The van der Waals surface area contributed by atoms with Crippen molar-refractivity contribution in [3.05, 3.63) is 48.0 Å². The van der Waals surface area contributed by atoms with Gasteiger partial charge in [-0.05, 0) is 42.7 Å². The molecule has 0 heterocycles. The Morgan fingerprint density at radius 3 is 2.05 bits per heavy atom. The Morgan fingerprint density at radius 1 is 0.919 bits per heavy atom. The standard InChI is InChI=1S/C26H37N3O7S/c1-18(2)15-27-26(31)19(3)28(16-20-8-11-22(34-4)12-9-20)25(30)17-29(37(7,32)33)21-10-13-23(35-5)24(14-21)36-6/h8-14,18-19H,15-17H2,1-7H3,(H,27,31)/t19-/m1/s1. The molecule has 0 aliphatic carbocycles. The fraction of sp³-hybridized carbons (Fsp3) is 0.462. The Morgan fingerprint density at radius 2 is 1.54 bits per heavy atom. The lowest BCUT2D eigenvalue weighted by atomic mass is 10.1. The molecule has 1 N–H and O–H groups in total. The molecule has 0 aromatic heterocycles. The van der Waals surface area contributed by atoms with Gasteiger partial charge in [0.1, 0.15) is 18.3 Å². The lowest BCUT2D eigenvalue weighted by Crippen LogP contribution is -2.51. The number of hydrogen-bond acceptors (Lipinski definition) is 7. The molecule has 0 aliphatic heterocycles. The van der Waals surface area contributed by atoms with Crippen molar-refractivity contribution in [2.75, 3.05) is 45.0 Å². The fourth-order valence-electron chi connectivity index (χ4n) is 3.56. The van der Waals surface area contributed by atoms with Crippen LogP contribution in [0.2, 0.25) is 0 Å². The first kappa shape index (κ1) is 29.8. The smallest absolute Gasteiger partial charge is 0.244 e. The number of sulfonamides is 1. The van der Waals surface area contributed by atoms with E-state index in [1.54, 1.807) is 44.4 Å². The second kappa shape index (κ2) is 13.2. The zero-order valence-corrected chi connectivity index (χ0v) is 23.3. The Balaban J connectivity index is 2.41. The molecule has 0 unspecified atom stereocenters. The molecule has 0 saturated heterocycles.